The van der Waals surface area contributed by atoms with Crippen molar-refractivity contribution in [3.05, 3.63) is 18.3 Å². The van der Waals surface area contributed by atoms with Gasteiger partial charge in [0.2, 0.25) is 10.0 Å². The molecule has 5 nitrogen and oxygen atoms in total. The highest BCUT2D eigenvalue weighted by Crippen LogP contribution is 2.27. The van der Waals surface area contributed by atoms with Crippen molar-refractivity contribution < 1.29 is 8.42 Å². The van der Waals surface area contributed by atoms with E-state index in [0.29, 0.717) is 24.9 Å². The fourth-order valence-electron chi connectivity index (χ4n) is 2.48. The smallest absolute Gasteiger partial charge is 0.244 e. The Balaban J connectivity index is 2.12. The highest BCUT2D eigenvalue weighted by molar-refractivity contribution is 7.89. The van der Waals surface area contributed by atoms with Crippen LogP contribution in [0.3, 0.4) is 0 Å². The summed E-state index contributed by atoms with van der Waals surface area (Å²) in [7, 11) is -3.41. The number of nitrogens with zero attached hydrogens (tertiary/aromatic N) is 2. The lowest BCUT2D eigenvalue weighted by molar-refractivity contribution is 0.212. The molecule has 1 fully saturated rings. The second-order valence-electron chi connectivity index (χ2n) is 5.91. The van der Waals surface area contributed by atoms with Gasteiger partial charge < -0.3 is 5.32 Å². The van der Waals surface area contributed by atoms with E-state index < -0.39 is 10.0 Å². The van der Waals surface area contributed by atoms with Gasteiger partial charge in [-0.15, -0.1) is 0 Å². The SMILES string of the molecule is CCCNc1ccc(S(=O)(=O)N2CCC(C)C(C)C2)cn1. The van der Waals surface area contributed by atoms with Gasteiger partial charge in [-0.2, -0.15) is 4.31 Å². The molecule has 0 bridgehead atoms. The van der Waals surface area contributed by atoms with Gasteiger partial charge >= 0.3 is 0 Å². The van der Waals surface area contributed by atoms with E-state index in [2.05, 4.69) is 31.1 Å². The van der Waals surface area contributed by atoms with Gasteiger partial charge in [0.05, 0.1) is 0 Å². The third kappa shape index (κ3) is 3.74. The van der Waals surface area contributed by atoms with Crippen molar-refractivity contribution >= 4 is 15.8 Å². The number of sulfonamides is 1. The fourth-order valence-corrected chi connectivity index (χ4v) is 3.98. The average Bonchev–Trinajstić information content (AvgIpc) is 2.48. The highest BCUT2D eigenvalue weighted by atomic mass is 32.2. The molecule has 0 saturated carbocycles. The topological polar surface area (TPSA) is 62.3 Å². The van der Waals surface area contributed by atoms with Crippen molar-refractivity contribution in [3.8, 4) is 0 Å². The minimum absolute atomic E-state index is 0.284. The van der Waals surface area contributed by atoms with Crippen LogP contribution in [-0.4, -0.2) is 37.3 Å². The number of anilines is 1. The zero-order valence-electron chi connectivity index (χ0n) is 13.0. The summed E-state index contributed by atoms with van der Waals surface area (Å²) in [6.07, 6.45) is 3.38. The second-order valence-corrected chi connectivity index (χ2v) is 7.85. The number of hydrogen-bond acceptors (Lipinski definition) is 4. The van der Waals surface area contributed by atoms with Gasteiger partial charge in [0.25, 0.3) is 0 Å². The van der Waals surface area contributed by atoms with Crippen LogP contribution in [0.4, 0.5) is 5.82 Å². The van der Waals surface area contributed by atoms with Crippen LogP contribution in [0.5, 0.6) is 0 Å². The Morgan fingerprint density at radius 1 is 1.33 bits per heavy atom. The lowest BCUT2D eigenvalue weighted by Crippen LogP contribution is -2.42. The van der Waals surface area contributed by atoms with Gasteiger partial charge in [-0.1, -0.05) is 20.8 Å². The second kappa shape index (κ2) is 6.75. The summed E-state index contributed by atoms with van der Waals surface area (Å²) in [6, 6.07) is 3.38. The predicted octanol–water partition coefficient (Wildman–Crippen LogP) is 2.57. The largest absolute Gasteiger partial charge is 0.370 e. The molecule has 0 spiro atoms. The number of nitrogens with one attached hydrogen (secondary N) is 1. The lowest BCUT2D eigenvalue weighted by atomic mass is 9.90. The van der Waals surface area contributed by atoms with E-state index >= 15 is 0 Å². The minimum Gasteiger partial charge on any atom is -0.370 e. The summed E-state index contributed by atoms with van der Waals surface area (Å²) in [5.74, 6) is 1.69. The molecule has 2 unspecified atom stereocenters. The Morgan fingerprint density at radius 3 is 2.67 bits per heavy atom. The van der Waals surface area contributed by atoms with Crippen LogP contribution in [0.25, 0.3) is 0 Å². The van der Waals surface area contributed by atoms with E-state index in [0.717, 1.165) is 25.2 Å². The molecule has 1 aromatic rings. The third-order valence-corrected chi connectivity index (χ3v) is 6.08. The quantitative estimate of drug-likeness (QED) is 0.908. The Morgan fingerprint density at radius 2 is 2.10 bits per heavy atom. The van der Waals surface area contributed by atoms with Crippen LogP contribution in [0.2, 0.25) is 0 Å². The molecule has 1 saturated heterocycles. The van der Waals surface area contributed by atoms with Crippen molar-refractivity contribution in [1.29, 1.82) is 0 Å². The first-order chi connectivity index (χ1) is 9.95. The van der Waals surface area contributed by atoms with Gasteiger partial charge in [-0.25, -0.2) is 13.4 Å². The number of aromatic nitrogens is 1. The van der Waals surface area contributed by atoms with Crippen molar-refractivity contribution in [2.75, 3.05) is 25.0 Å². The number of piperidine rings is 1. The number of hydrogen-bond donors (Lipinski definition) is 1. The summed E-state index contributed by atoms with van der Waals surface area (Å²) in [5, 5.41) is 3.15. The molecule has 0 aliphatic carbocycles. The molecule has 21 heavy (non-hydrogen) atoms. The molecule has 0 radical (unpaired) electrons. The molecule has 118 valence electrons. The molecule has 1 aliphatic heterocycles. The molecular weight excluding hydrogens is 286 g/mol. The molecule has 0 aromatic carbocycles. The van der Waals surface area contributed by atoms with Gasteiger partial charge in [0.15, 0.2) is 0 Å². The lowest BCUT2D eigenvalue weighted by Gasteiger charge is -2.34. The molecule has 2 heterocycles. The van der Waals surface area contributed by atoms with Gasteiger partial charge in [0, 0.05) is 25.8 Å². The van der Waals surface area contributed by atoms with Crippen LogP contribution in [0.15, 0.2) is 23.2 Å². The number of rotatable bonds is 5. The molecular formula is C15H25N3O2S. The summed E-state index contributed by atoms with van der Waals surface area (Å²) in [6.45, 7) is 8.40. The molecule has 1 aliphatic rings. The maximum atomic E-state index is 12.6. The van der Waals surface area contributed by atoms with Crippen LogP contribution in [0.1, 0.15) is 33.6 Å². The Bertz CT molecular complexity index is 557. The van der Waals surface area contributed by atoms with Crippen LogP contribution in [0, 0.1) is 11.8 Å². The first-order valence-electron chi connectivity index (χ1n) is 7.65. The zero-order valence-corrected chi connectivity index (χ0v) is 13.9. The normalized spacial score (nSPS) is 24.0. The third-order valence-electron chi connectivity index (χ3n) is 4.23. The molecule has 6 heteroatoms. The van der Waals surface area contributed by atoms with Crippen molar-refractivity contribution in [3.63, 3.8) is 0 Å². The van der Waals surface area contributed by atoms with Crippen molar-refractivity contribution in [1.82, 2.24) is 9.29 Å². The van der Waals surface area contributed by atoms with Crippen molar-refractivity contribution in [2.24, 2.45) is 11.8 Å². The maximum absolute atomic E-state index is 12.6. The van der Waals surface area contributed by atoms with E-state index in [1.54, 1.807) is 16.4 Å². The summed E-state index contributed by atoms with van der Waals surface area (Å²) < 4.78 is 26.9. The van der Waals surface area contributed by atoms with Crippen LogP contribution >= 0.6 is 0 Å². The summed E-state index contributed by atoms with van der Waals surface area (Å²) in [5.41, 5.74) is 0. The Kier molecular flexibility index (Phi) is 5.22. The van der Waals surface area contributed by atoms with E-state index in [4.69, 9.17) is 0 Å². The standard InChI is InChI=1S/C15H25N3O2S/c1-4-8-16-15-6-5-14(10-17-15)21(19,20)18-9-7-12(2)13(3)11-18/h5-6,10,12-13H,4,7-9,11H2,1-3H3,(H,16,17). The fraction of sp³-hybridized carbons (Fsp3) is 0.667. The monoisotopic (exact) mass is 311 g/mol. The summed E-state index contributed by atoms with van der Waals surface area (Å²) >= 11 is 0. The van der Waals surface area contributed by atoms with E-state index in [1.807, 2.05) is 0 Å². The molecule has 1 aromatic heterocycles. The molecule has 2 atom stereocenters. The zero-order chi connectivity index (χ0) is 15.5. The summed E-state index contributed by atoms with van der Waals surface area (Å²) in [4.78, 5) is 4.48. The predicted molar refractivity (Wildman–Crippen MR) is 84.7 cm³/mol. The van der Waals surface area contributed by atoms with Crippen LogP contribution < -0.4 is 5.32 Å². The first kappa shape index (κ1) is 16.2. The molecule has 0 amide bonds. The Labute approximate surface area is 127 Å². The van der Waals surface area contributed by atoms with Gasteiger partial charge in [-0.05, 0) is 36.8 Å². The first-order valence-corrected chi connectivity index (χ1v) is 9.09. The minimum atomic E-state index is -3.41. The Hall–Kier alpha value is -1.14. The van der Waals surface area contributed by atoms with E-state index in [-0.39, 0.29) is 4.90 Å². The van der Waals surface area contributed by atoms with E-state index in [9.17, 15) is 8.42 Å². The van der Waals surface area contributed by atoms with E-state index in [1.165, 1.54) is 6.20 Å². The van der Waals surface area contributed by atoms with Gasteiger partial charge in [0.1, 0.15) is 10.7 Å². The van der Waals surface area contributed by atoms with Crippen molar-refractivity contribution in [2.45, 2.75) is 38.5 Å². The molecule has 1 N–H and O–H groups in total. The number of pyridine rings is 1. The molecule has 2 rings (SSSR count). The van der Waals surface area contributed by atoms with Gasteiger partial charge in [-0.3, -0.25) is 0 Å². The highest BCUT2D eigenvalue weighted by Gasteiger charge is 2.31. The average molecular weight is 311 g/mol. The van der Waals surface area contributed by atoms with Crippen LogP contribution in [-0.2, 0) is 10.0 Å². The maximum Gasteiger partial charge on any atom is 0.244 e.